The van der Waals surface area contributed by atoms with Crippen LogP contribution < -0.4 is 5.32 Å². The summed E-state index contributed by atoms with van der Waals surface area (Å²) >= 11 is 3.38. The summed E-state index contributed by atoms with van der Waals surface area (Å²) in [5.41, 5.74) is 1.78. The summed E-state index contributed by atoms with van der Waals surface area (Å²) in [7, 11) is 0. The number of hydrogen-bond acceptors (Lipinski definition) is 2. The number of hydrogen-bond donors (Lipinski definition) is 1. The molecule has 0 saturated heterocycles. The first-order valence-electron chi connectivity index (χ1n) is 5.27. The maximum absolute atomic E-state index is 11.7. The van der Waals surface area contributed by atoms with Gasteiger partial charge >= 0.3 is 0 Å². The smallest absolute Gasteiger partial charge is 0.252 e. The lowest BCUT2D eigenvalue weighted by Gasteiger charge is -2.07. The van der Waals surface area contributed by atoms with Gasteiger partial charge in [0.2, 0.25) is 0 Å². The number of halogens is 1. The number of amides is 1. The van der Waals surface area contributed by atoms with E-state index in [2.05, 4.69) is 21.2 Å². The number of nitrogens with one attached hydrogen (secondary N) is 1. The molecule has 0 unspecified atom stereocenters. The summed E-state index contributed by atoms with van der Waals surface area (Å²) in [6.45, 7) is 5.67. The molecule has 0 aromatic heterocycles. The third-order valence-electron chi connectivity index (χ3n) is 2.11. The second-order valence-corrected chi connectivity index (χ2v) is 4.29. The van der Waals surface area contributed by atoms with Gasteiger partial charge in [-0.05, 0) is 47.5 Å². The van der Waals surface area contributed by atoms with Crippen molar-refractivity contribution in [3.05, 3.63) is 33.8 Å². The van der Waals surface area contributed by atoms with Crippen LogP contribution in [-0.2, 0) is 4.74 Å². The molecule has 0 bridgehead atoms. The monoisotopic (exact) mass is 285 g/mol. The van der Waals surface area contributed by atoms with E-state index < -0.39 is 0 Å². The minimum atomic E-state index is -0.0772. The van der Waals surface area contributed by atoms with Crippen LogP contribution in [0.2, 0.25) is 0 Å². The van der Waals surface area contributed by atoms with Crippen molar-refractivity contribution in [3.8, 4) is 0 Å². The molecule has 1 amide bonds. The molecule has 0 saturated carbocycles. The van der Waals surface area contributed by atoms with E-state index in [0.717, 1.165) is 10.0 Å². The minimum absolute atomic E-state index is 0.0772. The van der Waals surface area contributed by atoms with Gasteiger partial charge in [-0.3, -0.25) is 4.79 Å². The summed E-state index contributed by atoms with van der Waals surface area (Å²) in [4.78, 5) is 11.7. The quantitative estimate of drug-likeness (QED) is 0.845. The van der Waals surface area contributed by atoms with E-state index in [1.165, 1.54) is 0 Å². The molecule has 0 atom stereocenters. The second-order valence-electron chi connectivity index (χ2n) is 3.44. The molecular formula is C12H16BrNO2. The van der Waals surface area contributed by atoms with Gasteiger partial charge in [-0.25, -0.2) is 0 Å². The molecule has 0 aliphatic carbocycles. The van der Waals surface area contributed by atoms with Crippen molar-refractivity contribution in [2.45, 2.75) is 13.8 Å². The average molecular weight is 286 g/mol. The summed E-state index contributed by atoms with van der Waals surface area (Å²) in [5.74, 6) is -0.0772. The SMILES string of the molecule is CCOCCNC(=O)c1ccc(C)cc1Br. The Morgan fingerprint density at radius 2 is 2.25 bits per heavy atom. The van der Waals surface area contributed by atoms with Crippen LogP contribution in [0.15, 0.2) is 22.7 Å². The summed E-state index contributed by atoms with van der Waals surface area (Å²) < 4.78 is 5.96. The third-order valence-corrected chi connectivity index (χ3v) is 2.76. The van der Waals surface area contributed by atoms with E-state index in [1.807, 2.05) is 32.0 Å². The average Bonchev–Trinajstić information content (AvgIpc) is 2.24. The minimum Gasteiger partial charge on any atom is -0.380 e. The predicted molar refractivity (Wildman–Crippen MR) is 67.7 cm³/mol. The van der Waals surface area contributed by atoms with Gasteiger partial charge in [0.15, 0.2) is 0 Å². The standard InChI is InChI=1S/C12H16BrNO2/c1-3-16-7-6-14-12(15)10-5-4-9(2)8-11(10)13/h4-5,8H,3,6-7H2,1-2H3,(H,14,15). The number of rotatable bonds is 5. The van der Waals surface area contributed by atoms with Crippen LogP contribution in [0.5, 0.6) is 0 Å². The third kappa shape index (κ3) is 3.94. The molecule has 1 aromatic rings. The fraction of sp³-hybridized carbons (Fsp3) is 0.417. The summed E-state index contributed by atoms with van der Waals surface area (Å²) in [5, 5.41) is 2.80. The highest BCUT2D eigenvalue weighted by Gasteiger charge is 2.08. The first-order valence-corrected chi connectivity index (χ1v) is 6.06. The Labute approximate surface area is 104 Å². The Kier molecular flexibility index (Phi) is 5.49. The molecule has 0 radical (unpaired) electrons. The first kappa shape index (κ1) is 13.2. The van der Waals surface area contributed by atoms with Crippen molar-refractivity contribution < 1.29 is 9.53 Å². The number of carbonyl (C=O) groups excluding carboxylic acids is 1. The van der Waals surface area contributed by atoms with Crippen LogP contribution in [0.4, 0.5) is 0 Å². The number of benzene rings is 1. The highest BCUT2D eigenvalue weighted by Crippen LogP contribution is 2.17. The summed E-state index contributed by atoms with van der Waals surface area (Å²) in [6, 6.07) is 5.66. The molecular weight excluding hydrogens is 270 g/mol. The maximum atomic E-state index is 11.7. The zero-order chi connectivity index (χ0) is 12.0. The van der Waals surface area contributed by atoms with E-state index in [1.54, 1.807) is 0 Å². The molecule has 0 aliphatic heterocycles. The molecule has 1 rings (SSSR count). The normalized spacial score (nSPS) is 10.2. The van der Waals surface area contributed by atoms with Gasteiger partial charge in [0.05, 0.1) is 12.2 Å². The topological polar surface area (TPSA) is 38.3 Å². The molecule has 1 aromatic carbocycles. The van der Waals surface area contributed by atoms with E-state index in [4.69, 9.17) is 4.74 Å². The van der Waals surface area contributed by atoms with Gasteiger partial charge in [0.1, 0.15) is 0 Å². The van der Waals surface area contributed by atoms with Gasteiger partial charge < -0.3 is 10.1 Å². The Morgan fingerprint density at radius 1 is 1.50 bits per heavy atom. The summed E-state index contributed by atoms with van der Waals surface area (Å²) in [6.07, 6.45) is 0. The first-order chi connectivity index (χ1) is 7.65. The van der Waals surface area contributed by atoms with Crippen molar-refractivity contribution >= 4 is 21.8 Å². The van der Waals surface area contributed by atoms with Crippen LogP contribution in [0, 0.1) is 6.92 Å². The fourth-order valence-corrected chi connectivity index (χ4v) is 1.95. The fourth-order valence-electron chi connectivity index (χ4n) is 1.28. The molecule has 0 spiro atoms. The van der Waals surface area contributed by atoms with Crippen molar-refractivity contribution in [2.75, 3.05) is 19.8 Å². The molecule has 4 heteroatoms. The number of ether oxygens (including phenoxy) is 1. The van der Waals surface area contributed by atoms with Crippen LogP contribution in [0.25, 0.3) is 0 Å². The maximum Gasteiger partial charge on any atom is 0.252 e. The highest BCUT2D eigenvalue weighted by atomic mass is 79.9. The molecule has 88 valence electrons. The lowest BCUT2D eigenvalue weighted by molar-refractivity contribution is 0.0922. The number of carbonyl (C=O) groups is 1. The predicted octanol–water partition coefficient (Wildman–Crippen LogP) is 2.52. The van der Waals surface area contributed by atoms with Gasteiger partial charge in [-0.2, -0.15) is 0 Å². The van der Waals surface area contributed by atoms with Gasteiger partial charge in [-0.15, -0.1) is 0 Å². The molecule has 0 fully saturated rings. The molecule has 3 nitrogen and oxygen atoms in total. The van der Waals surface area contributed by atoms with Gasteiger partial charge in [-0.1, -0.05) is 6.07 Å². The van der Waals surface area contributed by atoms with E-state index in [0.29, 0.717) is 25.3 Å². The molecule has 0 aliphatic rings. The molecule has 0 heterocycles. The van der Waals surface area contributed by atoms with E-state index in [-0.39, 0.29) is 5.91 Å². The van der Waals surface area contributed by atoms with E-state index in [9.17, 15) is 4.79 Å². The van der Waals surface area contributed by atoms with Crippen LogP contribution in [0.3, 0.4) is 0 Å². The molecule has 1 N–H and O–H groups in total. The zero-order valence-electron chi connectivity index (χ0n) is 9.55. The Balaban J connectivity index is 2.53. The van der Waals surface area contributed by atoms with Crippen molar-refractivity contribution in [1.82, 2.24) is 5.32 Å². The largest absolute Gasteiger partial charge is 0.380 e. The zero-order valence-corrected chi connectivity index (χ0v) is 11.1. The number of aryl methyl sites for hydroxylation is 1. The van der Waals surface area contributed by atoms with Crippen molar-refractivity contribution in [2.24, 2.45) is 0 Å². The lowest BCUT2D eigenvalue weighted by atomic mass is 10.1. The van der Waals surface area contributed by atoms with Gasteiger partial charge in [0, 0.05) is 17.6 Å². The van der Waals surface area contributed by atoms with Gasteiger partial charge in [0.25, 0.3) is 5.91 Å². The second kappa shape index (κ2) is 6.66. The Bertz CT molecular complexity index is 366. The Hall–Kier alpha value is -0.870. The highest BCUT2D eigenvalue weighted by molar-refractivity contribution is 9.10. The Morgan fingerprint density at radius 3 is 2.88 bits per heavy atom. The lowest BCUT2D eigenvalue weighted by Crippen LogP contribution is -2.27. The van der Waals surface area contributed by atoms with Crippen LogP contribution >= 0.6 is 15.9 Å². The van der Waals surface area contributed by atoms with Crippen molar-refractivity contribution in [1.29, 1.82) is 0 Å². The molecule has 16 heavy (non-hydrogen) atoms. The van der Waals surface area contributed by atoms with Crippen LogP contribution in [-0.4, -0.2) is 25.7 Å². The van der Waals surface area contributed by atoms with E-state index >= 15 is 0 Å². The van der Waals surface area contributed by atoms with Crippen molar-refractivity contribution in [3.63, 3.8) is 0 Å². The van der Waals surface area contributed by atoms with Crippen LogP contribution in [0.1, 0.15) is 22.8 Å².